The Kier molecular flexibility index (Phi) is 9.63. The summed E-state index contributed by atoms with van der Waals surface area (Å²) in [6.07, 6.45) is 3.54. The second-order valence-electron chi connectivity index (χ2n) is 11.9. The molecule has 1 saturated heterocycles. The lowest BCUT2D eigenvalue weighted by Crippen LogP contribution is -2.62. The van der Waals surface area contributed by atoms with Crippen LogP contribution in [0.3, 0.4) is 0 Å². The van der Waals surface area contributed by atoms with E-state index in [0.717, 1.165) is 16.5 Å². The van der Waals surface area contributed by atoms with E-state index in [1.807, 2.05) is 43.3 Å². The van der Waals surface area contributed by atoms with Crippen LogP contribution in [-0.4, -0.2) is 72.1 Å². The molecule has 5 bridgehead atoms. The molecule has 0 aliphatic carbocycles. The second-order valence-corrected chi connectivity index (χ2v) is 11.9. The number of methoxy groups -OCH3 is 1. The van der Waals surface area contributed by atoms with Gasteiger partial charge in [0.25, 0.3) is 11.8 Å². The molecule has 4 rings (SSSR count). The van der Waals surface area contributed by atoms with Crippen molar-refractivity contribution in [3.63, 3.8) is 0 Å². The first-order valence-electron chi connectivity index (χ1n) is 14.4. The number of nitrogens with zero attached hydrogens (tertiary/aromatic N) is 2. The van der Waals surface area contributed by atoms with Gasteiger partial charge in [-0.25, -0.2) is 5.43 Å². The number of hydrazine groups is 1. The molecule has 226 valence electrons. The highest BCUT2D eigenvalue weighted by Crippen LogP contribution is 2.25. The van der Waals surface area contributed by atoms with Crippen LogP contribution in [0.15, 0.2) is 36.4 Å². The molecule has 0 saturated carbocycles. The number of aromatic nitrogens is 1. The third-order valence-electron chi connectivity index (χ3n) is 7.57. The average Bonchev–Trinajstić information content (AvgIpc) is 2.96. The number of ether oxygens (including phenoxy) is 2. The van der Waals surface area contributed by atoms with Crippen molar-refractivity contribution in [3.05, 3.63) is 47.7 Å². The number of pyridine rings is 1. The third-order valence-corrected chi connectivity index (χ3v) is 7.57. The molecule has 4 atom stereocenters. The van der Waals surface area contributed by atoms with Crippen LogP contribution in [0.25, 0.3) is 17.0 Å². The molecular formula is C31H41N5O6. The predicted molar refractivity (Wildman–Crippen MR) is 158 cm³/mol. The highest BCUT2D eigenvalue weighted by molar-refractivity contribution is 5.92. The maximum atomic E-state index is 13.5. The summed E-state index contributed by atoms with van der Waals surface area (Å²) in [6, 6.07) is 7.54. The van der Waals surface area contributed by atoms with Crippen molar-refractivity contribution in [3.8, 4) is 0 Å². The number of carbonyl (C=O) groups is 4. The first-order chi connectivity index (χ1) is 19.9. The van der Waals surface area contributed by atoms with Gasteiger partial charge >= 0.3 is 5.97 Å². The van der Waals surface area contributed by atoms with Crippen molar-refractivity contribution in [2.75, 3.05) is 20.3 Å². The average molecular weight is 580 g/mol. The van der Waals surface area contributed by atoms with Crippen molar-refractivity contribution < 1.29 is 28.7 Å². The van der Waals surface area contributed by atoms with Gasteiger partial charge in [0, 0.05) is 19.0 Å². The molecule has 1 aromatic carbocycles. The summed E-state index contributed by atoms with van der Waals surface area (Å²) in [7, 11) is 1.43. The summed E-state index contributed by atoms with van der Waals surface area (Å²) in [6.45, 7) is 9.08. The number of carbonyl (C=O) groups excluding carboxylic acids is 4. The van der Waals surface area contributed by atoms with Gasteiger partial charge in [-0.15, -0.1) is 0 Å². The minimum Gasteiger partial charge on any atom is -0.451 e. The molecule has 3 amide bonds. The molecule has 2 aliphatic heterocycles. The second kappa shape index (κ2) is 13.0. The molecule has 1 fully saturated rings. The molecule has 0 unspecified atom stereocenters. The van der Waals surface area contributed by atoms with Gasteiger partial charge in [0.05, 0.1) is 29.3 Å². The van der Waals surface area contributed by atoms with Gasteiger partial charge in [-0.2, -0.15) is 0 Å². The number of fused-ring (bicyclic) bond motifs is 4. The van der Waals surface area contributed by atoms with Gasteiger partial charge in [0.15, 0.2) is 6.10 Å². The van der Waals surface area contributed by atoms with Crippen LogP contribution in [0.4, 0.5) is 0 Å². The van der Waals surface area contributed by atoms with Gasteiger partial charge in [0.1, 0.15) is 12.1 Å². The van der Waals surface area contributed by atoms with E-state index in [1.165, 1.54) is 12.1 Å². The van der Waals surface area contributed by atoms with E-state index in [4.69, 9.17) is 14.5 Å². The number of esters is 1. The number of cyclic esters (lactones) is 1. The van der Waals surface area contributed by atoms with Gasteiger partial charge in [-0.1, -0.05) is 44.2 Å². The van der Waals surface area contributed by atoms with Crippen LogP contribution in [0, 0.1) is 11.3 Å². The largest absolute Gasteiger partial charge is 0.451 e. The maximum Gasteiger partial charge on any atom is 0.316 e. The summed E-state index contributed by atoms with van der Waals surface area (Å²) in [5.74, 6) is -2.25. The summed E-state index contributed by atoms with van der Waals surface area (Å²) in [5, 5.41) is 8.01. The molecule has 3 N–H and O–H groups in total. The molecule has 0 radical (unpaired) electrons. The molecule has 11 heteroatoms. The Bertz CT molecular complexity index is 1370. The van der Waals surface area contributed by atoms with E-state index in [1.54, 1.807) is 33.8 Å². The fourth-order valence-electron chi connectivity index (χ4n) is 4.93. The van der Waals surface area contributed by atoms with Crippen molar-refractivity contribution in [2.24, 2.45) is 11.3 Å². The molecular weight excluding hydrogens is 538 g/mol. The number of hydrogen-bond acceptors (Lipinski definition) is 8. The van der Waals surface area contributed by atoms with Crippen molar-refractivity contribution in [2.45, 2.75) is 71.7 Å². The molecule has 11 nitrogen and oxygen atoms in total. The summed E-state index contributed by atoms with van der Waals surface area (Å²) in [4.78, 5) is 58.2. The Hall–Kier alpha value is -3.83. The standard InChI is InChI=1S/C31H41N5O6/c1-18(2)26-28(38)34-25(17-41-6)29(39)36-15-7-8-23(35-36)27(37)32-19(3)22-12-11-21-10-9-20(16-24(21)33-22)13-14-31(4,5)30(40)42-26/h9-14,16,18-19,23,25-26,35H,7-8,15,17H2,1-6H3,(H,32,37)(H,34,38)/b14-13+/t19-,23+,25+,26+/m1/s1. The third kappa shape index (κ3) is 7.14. The first kappa shape index (κ1) is 31.1. The normalized spacial score (nSPS) is 26.5. The molecule has 2 aromatic rings. The Balaban J connectivity index is 1.72. The van der Waals surface area contributed by atoms with Crippen molar-refractivity contribution in [1.29, 1.82) is 0 Å². The number of nitrogens with one attached hydrogen (secondary N) is 3. The Morgan fingerprint density at radius 3 is 2.55 bits per heavy atom. The zero-order chi connectivity index (χ0) is 30.6. The number of benzene rings is 1. The SMILES string of the molecule is COC[C@@H]1NC(=O)[C@H](C(C)C)OC(=O)C(C)(C)/C=C/c2ccc3ccc(nc3c2)[C@@H](C)NC(=O)[C@@H]2CCCN(N2)C1=O. The quantitative estimate of drug-likeness (QED) is 0.472. The fraction of sp³-hybridized carbons (Fsp3) is 0.516. The van der Waals surface area contributed by atoms with E-state index < -0.39 is 41.4 Å². The van der Waals surface area contributed by atoms with Crippen LogP contribution in [-0.2, 0) is 28.7 Å². The Labute approximate surface area is 246 Å². The molecule has 2 aliphatic rings. The zero-order valence-electron chi connectivity index (χ0n) is 25.1. The van der Waals surface area contributed by atoms with Gasteiger partial charge < -0.3 is 20.1 Å². The highest BCUT2D eigenvalue weighted by Gasteiger charge is 2.37. The van der Waals surface area contributed by atoms with E-state index in [9.17, 15) is 19.2 Å². The van der Waals surface area contributed by atoms with E-state index in [0.29, 0.717) is 25.1 Å². The van der Waals surface area contributed by atoms with Gasteiger partial charge in [0.2, 0.25) is 5.91 Å². The van der Waals surface area contributed by atoms with Gasteiger partial charge in [-0.3, -0.25) is 29.2 Å². The summed E-state index contributed by atoms with van der Waals surface area (Å²) < 4.78 is 11.0. The van der Waals surface area contributed by atoms with E-state index in [-0.39, 0.29) is 24.5 Å². The summed E-state index contributed by atoms with van der Waals surface area (Å²) in [5.41, 5.74) is 4.24. The van der Waals surface area contributed by atoms with Crippen LogP contribution in [0.5, 0.6) is 0 Å². The highest BCUT2D eigenvalue weighted by atomic mass is 16.5. The number of rotatable bonds is 3. The fourth-order valence-corrected chi connectivity index (χ4v) is 4.93. The van der Waals surface area contributed by atoms with Crippen LogP contribution in [0.1, 0.15) is 64.8 Å². The lowest BCUT2D eigenvalue weighted by molar-refractivity contribution is -0.165. The lowest BCUT2D eigenvalue weighted by Gasteiger charge is -2.36. The maximum absolute atomic E-state index is 13.5. The van der Waals surface area contributed by atoms with E-state index in [2.05, 4.69) is 16.1 Å². The van der Waals surface area contributed by atoms with Gasteiger partial charge in [-0.05, 0) is 57.2 Å². The zero-order valence-corrected chi connectivity index (χ0v) is 25.1. The van der Waals surface area contributed by atoms with Crippen LogP contribution in [0.2, 0.25) is 0 Å². The summed E-state index contributed by atoms with van der Waals surface area (Å²) >= 11 is 0. The monoisotopic (exact) mass is 579 g/mol. The molecule has 1 aromatic heterocycles. The van der Waals surface area contributed by atoms with Crippen LogP contribution < -0.4 is 16.1 Å². The van der Waals surface area contributed by atoms with E-state index >= 15 is 0 Å². The topological polar surface area (TPSA) is 139 Å². The molecule has 42 heavy (non-hydrogen) atoms. The Morgan fingerprint density at radius 2 is 1.83 bits per heavy atom. The smallest absolute Gasteiger partial charge is 0.316 e. The number of amides is 3. The van der Waals surface area contributed by atoms with Crippen molar-refractivity contribution in [1.82, 2.24) is 26.1 Å². The predicted octanol–water partition coefficient (Wildman–Crippen LogP) is 2.66. The van der Waals surface area contributed by atoms with Crippen molar-refractivity contribution >= 4 is 40.7 Å². The molecule has 0 spiro atoms. The minimum absolute atomic E-state index is 0.101. The van der Waals surface area contributed by atoms with Crippen LogP contribution >= 0.6 is 0 Å². The lowest BCUT2D eigenvalue weighted by atomic mass is 9.92. The Morgan fingerprint density at radius 1 is 1.10 bits per heavy atom. The number of hydrogen-bond donors (Lipinski definition) is 3. The first-order valence-corrected chi connectivity index (χ1v) is 14.4. The minimum atomic E-state index is -1.14. The molecule has 3 heterocycles.